The molecule has 2 amide bonds. The number of fused-ring (bicyclic) bond motifs is 2. The van der Waals surface area contributed by atoms with E-state index in [0.29, 0.717) is 36.4 Å². The summed E-state index contributed by atoms with van der Waals surface area (Å²) in [5.41, 5.74) is 0.363. The Morgan fingerprint density at radius 3 is 2.60 bits per heavy atom. The summed E-state index contributed by atoms with van der Waals surface area (Å²) in [4.78, 5) is 39.4. The van der Waals surface area contributed by atoms with Crippen LogP contribution >= 0.6 is 0 Å². The van der Waals surface area contributed by atoms with Crippen molar-refractivity contribution in [1.29, 1.82) is 0 Å². The lowest BCUT2D eigenvalue weighted by Gasteiger charge is -2.50. The molecule has 30 heavy (non-hydrogen) atoms. The van der Waals surface area contributed by atoms with Gasteiger partial charge in [-0.25, -0.2) is 4.98 Å². The van der Waals surface area contributed by atoms with Gasteiger partial charge in [-0.05, 0) is 31.9 Å². The first-order valence-corrected chi connectivity index (χ1v) is 11.1. The summed E-state index contributed by atoms with van der Waals surface area (Å²) in [7, 11) is 3.67. The molecule has 3 saturated heterocycles. The molecule has 0 bridgehead atoms. The van der Waals surface area contributed by atoms with Crippen LogP contribution < -0.4 is 4.74 Å². The van der Waals surface area contributed by atoms with Crippen molar-refractivity contribution in [2.45, 2.75) is 37.4 Å². The quantitative estimate of drug-likeness (QED) is 0.730. The van der Waals surface area contributed by atoms with E-state index in [1.165, 1.54) is 12.8 Å². The molecule has 0 radical (unpaired) electrons. The van der Waals surface area contributed by atoms with E-state index in [1.807, 2.05) is 4.90 Å². The van der Waals surface area contributed by atoms with E-state index in [-0.39, 0.29) is 17.6 Å². The van der Waals surface area contributed by atoms with E-state index in [0.717, 1.165) is 39.0 Å². The summed E-state index contributed by atoms with van der Waals surface area (Å²) in [6, 6.07) is 3.46. The van der Waals surface area contributed by atoms with Crippen molar-refractivity contribution in [3.63, 3.8) is 0 Å². The number of aromatic nitrogens is 1. The van der Waals surface area contributed by atoms with Gasteiger partial charge < -0.3 is 19.4 Å². The maximum atomic E-state index is 13.4. The largest absolute Gasteiger partial charge is 0.481 e. The van der Waals surface area contributed by atoms with E-state index in [9.17, 15) is 9.59 Å². The maximum Gasteiger partial charge on any atom is 0.255 e. The molecule has 1 aromatic rings. The number of likely N-dealkylation sites (tertiary alicyclic amines) is 1. The Morgan fingerprint density at radius 1 is 1.20 bits per heavy atom. The monoisotopic (exact) mass is 413 g/mol. The molecular formula is C22H31N5O3. The second kappa shape index (κ2) is 7.50. The van der Waals surface area contributed by atoms with E-state index < -0.39 is 0 Å². The van der Waals surface area contributed by atoms with Crippen LogP contribution in [0.5, 0.6) is 5.88 Å². The van der Waals surface area contributed by atoms with Crippen molar-refractivity contribution in [2.24, 2.45) is 5.92 Å². The topological polar surface area (TPSA) is 69.2 Å². The fraction of sp³-hybridized carbons (Fsp3) is 0.682. The number of methoxy groups -OCH3 is 1. The van der Waals surface area contributed by atoms with E-state index in [2.05, 4.69) is 26.7 Å². The molecular weight excluding hydrogens is 382 g/mol. The number of amides is 2. The number of ether oxygens (including phenoxy) is 1. The molecule has 162 valence electrons. The lowest BCUT2D eigenvalue weighted by Crippen LogP contribution is -2.63. The number of carbonyl (C=O) groups is 2. The van der Waals surface area contributed by atoms with Gasteiger partial charge in [0.2, 0.25) is 11.8 Å². The number of rotatable bonds is 4. The molecule has 1 aliphatic carbocycles. The second-order valence-corrected chi connectivity index (χ2v) is 9.23. The van der Waals surface area contributed by atoms with Crippen LogP contribution in [0.25, 0.3) is 0 Å². The lowest BCUT2D eigenvalue weighted by molar-refractivity contribution is -0.134. The molecule has 0 aromatic carbocycles. The third-order valence-corrected chi connectivity index (χ3v) is 7.35. The third-order valence-electron chi connectivity index (χ3n) is 7.35. The van der Waals surface area contributed by atoms with Gasteiger partial charge >= 0.3 is 0 Å². The molecule has 4 heterocycles. The van der Waals surface area contributed by atoms with Crippen LogP contribution in [0.15, 0.2) is 18.3 Å². The molecule has 5 rings (SSSR count). The average molecular weight is 414 g/mol. The Hall–Kier alpha value is -2.19. The number of pyridine rings is 1. The molecule has 0 N–H and O–H groups in total. The van der Waals surface area contributed by atoms with Crippen molar-refractivity contribution in [2.75, 3.05) is 53.4 Å². The summed E-state index contributed by atoms with van der Waals surface area (Å²) in [5, 5.41) is 0. The number of carbonyl (C=O) groups excluding carboxylic acids is 2. The summed E-state index contributed by atoms with van der Waals surface area (Å²) >= 11 is 0. The number of piperidine rings is 1. The predicted octanol–water partition coefficient (Wildman–Crippen LogP) is 0.891. The number of piperazine rings is 1. The molecule has 3 aliphatic heterocycles. The first-order chi connectivity index (χ1) is 14.5. The normalized spacial score (nSPS) is 26.9. The Kier molecular flexibility index (Phi) is 4.94. The zero-order chi connectivity index (χ0) is 20.9. The van der Waals surface area contributed by atoms with Gasteiger partial charge in [0.15, 0.2) is 0 Å². The van der Waals surface area contributed by atoms with Crippen LogP contribution in [0.4, 0.5) is 0 Å². The SMILES string of the molecule is COc1ccc(C(=O)N2CCC3(CC2)N(CC2CC2)C(=O)[C@H]2CN(C)CCN23)cn1. The summed E-state index contributed by atoms with van der Waals surface area (Å²) in [6.45, 7) is 4.93. The van der Waals surface area contributed by atoms with Crippen LogP contribution in [0, 0.1) is 5.92 Å². The molecule has 8 heteroatoms. The predicted molar refractivity (Wildman–Crippen MR) is 111 cm³/mol. The smallest absolute Gasteiger partial charge is 0.255 e. The van der Waals surface area contributed by atoms with Crippen molar-refractivity contribution in [1.82, 2.24) is 24.6 Å². The number of nitrogens with zero attached hydrogens (tertiary/aromatic N) is 5. The molecule has 1 aromatic heterocycles. The number of hydrogen-bond donors (Lipinski definition) is 0. The standard InChI is InChI=1S/C22H31N5O3/c1-24-11-12-26-18(15-24)21(29)27(14-16-3-4-16)22(26)7-9-25(10-8-22)20(28)17-5-6-19(30-2)23-13-17/h5-6,13,16,18H,3-4,7-12,14-15H2,1-2H3/t18-/m1/s1. The van der Waals surface area contributed by atoms with Crippen LogP contribution in [-0.2, 0) is 4.79 Å². The molecule has 1 atom stereocenters. The minimum absolute atomic E-state index is 0.00740. The van der Waals surface area contributed by atoms with Crippen molar-refractivity contribution in [3.05, 3.63) is 23.9 Å². The number of hydrogen-bond acceptors (Lipinski definition) is 6. The van der Waals surface area contributed by atoms with Crippen molar-refractivity contribution >= 4 is 11.8 Å². The van der Waals surface area contributed by atoms with Crippen LogP contribution in [0.2, 0.25) is 0 Å². The Bertz CT molecular complexity index is 817. The molecule has 8 nitrogen and oxygen atoms in total. The van der Waals surface area contributed by atoms with Gasteiger partial charge in [0.25, 0.3) is 5.91 Å². The van der Waals surface area contributed by atoms with Crippen molar-refractivity contribution < 1.29 is 14.3 Å². The molecule has 4 fully saturated rings. The minimum atomic E-state index is -0.222. The molecule has 0 unspecified atom stereocenters. The van der Waals surface area contributed by atoms with Crippen molar-refractivity contribution in [3.8, 4) is 5.88 Å². The highest BCUT2D eigenvalue weighted by molar-refractivity contribution is 5.94. The Labute approximate surface area is 177 Å². The highest BCUT2D eigenvalue weighted by Gasteiger charge is 2.59. The lowest BCUT2D eigenvalue weighted by atomic mass is 9.92. The zero-order valence-corrected chi connectivity index (χ0v) is 17.9. The Morgan fingerprint density at radius 2 is 1.97 bits per heavy atom. The van der Waals surface area contributed by atoms with Crippen LogP contribution in [0.1, 0.15) is 36.0 Å². The highest BCUT2D eigenvalue weighted by atomic mass is 16.5. The van der Waals surface area contributed by atoms with Gasteiger partial charge in [0.1, 0.15) is 11.7 Å². The van der Waals surface area contributed by atoms with Gasteiger partial charge in [-0.3, -0.25) is 14.5 Å². The highest BCUT2D eigenvalue weighted by Crippen LogP contribution is 2.44. The van der Waals surface area contributed by atoms with Gasteiger partial charge in [-0.1, -0.05) is 0 Å². The van der Waals surface area contributed by atoms with E-state index in [4.69, 9.17) is 4.74 Å². The van der Waals surface area contributed by atoms with E-state index in [1.54, 1.807) is 25.4 Å². The fourth-order valence-corrected chi connectivity index (χ4v) is 5.42. The van der Waals surface area contributed by atoms with Gasteiger partial charge in [-0.15, -0.1) is 0 Å². The molecule has 4 aliphatic rings. The van der Waals surface area contributed by atoms with Crippen LogP contribution in [-0.4, -0.2) is 102 Å². The first-order valence-electron chi connectivity index (χ1n) is 11.1. The summed E-state index contributed by atoms with van der Waals surface area (Å²) < 4.78 is 5.09. The van der Waals surface area contributed by atoms with Gasteiger partial charge in [0.05, 0.1) is 12.7 Å². The summed E-state index contributed by atoms with van der Waals surface area (Å²) in [5.74, 6) is 1.47. The maximum absolute atomic E-state index is 13.4. The molecule has 1 saturated carbocycles. The van der Waals surface area contributed by atoms with Crippen LogP contribution in [0.3, 0.4) is 0 Å². The zero-order valence-electron chi connectivity index (χ0n) is 17.9. The molecule has 1 spiro atoms. The first kappa shape index (κ1) is 19.8. The average Bonchev–Trinajstić information content (AvgIpc) is 3.58. The fourth-order valence-electron chi connectivity index (χ4n) is 5.42. The van der Waals surface area contributed by atoms with E-state index >= 15 is 0 Å². The number of likely N-dealkylation sites (N-methyl/N-ethyl adjacent to an activating group) is 1. The van der Waals surface area contributed by atoms with Gasteiger partial charge in [0, 0.05) is 64.4 Å². The Balaban J connectivity index is 1.34. The summed E-state index contributed by atoms with van der Waals surface area (Å²) in [6.07, 6.45) is 5.70. The minimum Gasteiger partial charge on any atom is -0.481 e. The second-order valence-electron chi connectivity index (χ2n) is 9.23. The van der Waals surface area contributed by atoms with Gasteiger partial charge in [-0.2, -0.15) is 0 Å². The third kappa shape index (κ3) is 3.26.